The highest BCUT2D eigenvalue weighted by Gasteiger charge is 2.16. The van der Waals surface area contributed by atoms with Crippen molar-refractivity contribution >= 4 is 10.9 Å². The third-order valence-electron chi connectivity index (χ3n) is 4.57. The average Bonchev–Trinajstić information content (AvgIpc) is 3.24. The van der Waals surface area contributed by atoms with E-state index in [0.29, 0.717) is 33.8 Å². The summed E-state index contributed by atoms with van der Waals surface area (Å²) in [6.45, 7) is 0.208. The van der Waals surface area contributed by atoms with Gasteiger partial charge in [-0.2, -0.15) is 0 Å². The van der Waals surface area contributed by atoms with E-state index in [4.69, 9.17) is 13.9 Å². The van der Waals surface area contributed by atoms with E-state index >= 15 is 0 Å². The highest BCUT2D eigenvalue weighted by Crippen LogP contribution is 2.28. The molecule has 0 amide bonds. The molecule has 4 rings (SSSR count). The Morgan fingerprint density at radius 3 is 2.43 bits per heavy atom. The summed E-state index contributed by atoms with van der Waals surface area (Å²) in [6.07, 6.45) is 1.55. The molecule has 0 aliphatic carbocycles. The van der Waals surface area contributed by atoms with Gasteiger partial charge in [-0.25, -0.2) is 9.36 Å². The largest absolute Gasteiger partial charge is 0.493 e. The fourth-order valence-corrected chi connectivity index (χ4v) is 3.22. The molecule has 2 aromatic carbocycles. The average molecular weight is 378 g/mol. The number of ether oxygens (including phenoxy) is 2. The Balaban J connectivity index is 2.02. The van der Waals surface area contributed by atoms with Gasteiger partial charge in [-0.15, -0.1) is 0 Å². The van der Waals surface area contributed by atoms with Crippen LogP contribution in [-0.4, -0.2) is 23.4 Å². The summed E-state index contributed by atoms with van der Waals surface area (Å²) in [7, 11) is 3.02. The minimum absolute atomic E-state index is 0.208. The minimum Gasteiger partial charge on any atom is -0.493 e. The lowest BCUT2D eigenvalue weighted by molar-refractivity contribution is 0.355. The molecule has 0 saturated carbocycles. The first-order valence-electron chi connectivity index (χ1n) is 8.63. The Bertz CT molecular complexity index is 1250. The Morgan fingerprint density at radius 2 is 1.71 bits per heavy atom. The quantitative estimate of drug-likeness (QED) is 0.534. The summed E-state index contributed by atoms with van der Waals surface area (Å²) in [6, 6.07) is 15.5. The summed E-state index contributed by atoms with van der Waals surface area (Å²) in [5.74, 6) is 1.55. The Labute approximate surface area is 160 Å². The summed E-state index contributed by atoms with van der Waals surface area (Å²) < 4.78 is 18.6. The molecule has 0 aliphatic heterocycles. The van der Waals surface area contributed by atoms with E-state index in [-0.39, 0.29) is 6.54 Å². The van der Waals surface area contributed by atoms with Gasteiger partial charge in [0.1, 0.15) is 5.76 Å². The van der Waals surface area contributed by atoms with Crippen molar-refractivity contribution in [3.05, 3.63) is 87.5 Å². The van der Waals surface area contributed by atoms with Crippen LogP contribution in [0.2, 0.25) is 0 Å². The van der Waals surface area contributed by atoms with Crippen molar-refractivity contribution in [2.24, 2.45) is 0 Å². The number of hydrogen-bond donors (Lipinski definition) is 0. The van der Waals surface area contributed by atoms with Crippen LogP contribution in [0.1, 0.15) is 5.76 Å². The van der Waals surface area contributed by atoms with Crippen molar-refractivity contribution in [2.75, 3.05) is 14.2 Å². The van der Waals surface area contributed by atoms with E-state index in [1.54, 1.807) is 60.9 Å². The molecular weight excluding hydrogens is 360 g/mol. The van der Waals surface area contributed by atoms with Crippen LogP contribution in [0.15, 0.2) is 74.9 Å². The second-order valence-electron chi connectivity index (χ2n) is 6.15. The fraction of sp³-hybridized carbons (Fsp3) is 0.143. The topological polar surface area (TPSA) is 75.6 Å². The van der Waals surface area contributed by atoms with Gasteiger partial charge in [0.2, 0.25) is 0 Å². The zero-order valence-electron chi connectivity index (χ0n) is 15.4. The fourth-order valence-electron chi connectivity index (χ4n) is 3.22. The van der Waals surface area contributed by atoms with Gasteiger partial charge in [-0.1, -0.05) is 12.1 Å². The van der Waals surface area contributed by atoms with Crippen LogP contribution in [0.3, 0.4) is 0 Å². The number of para-hydroxylation sites is 1. The molecule has 2 aromatic heterocycles. The van der Waals surface area contributed by atoms with E-state index in [9.17, 15) is 9.59 Å². The maximum atomic E-state index is 13.3. The number of furan rings is 1. The molecule has 0 bridgehead atoms. The molecule has 0 unspecified atom stereocenters. The van der Waals surface area contributed by atoms with Crippen LogP contribution in [-0.2, 0) is 6.54 Å². The molecule has 0 radical (unpaired) electrons. The molecule has 0 N–H and O–H groups in total. The Morgan fingerprint density at radius 1 is 0.929 bits per heavy atom. The molecule has 0 aliphatic rings. The monoisotopic (exact) mass is 378 g/mol. The second-order valence-corrected chi connectivity index (χ2v) is 6.15. The number of rotatable bonds is 5. The summed E-state index contributed by atoms with van der Waals surface area (Å²) in [4.78, 5) is 26.4. The van der Waals surface area contributed by atoms with Crippen LogP contribution in [0, 0.1) is 0 Å². The number of methoxy groups -OCH3 is 2. The minimum atomic E-state index is -0.465. The molecule has 28 heavy (non-hydrogen) atoms. The zero-order valence-corrected chi connectivity index (χ0v) is 15.4. The molecule has 142 valence electrons. The van der Waals surface area contributed by atoms with Crippen molar-refractivity contribution in [1.29, 1.82) is 0 Å². The standard InChI is InChI=1S/C21H18N2O5/c1-26-18-10-9-14(12-19(18)27-2)23-20(24)16-7-3-4-8-17(16)22(21(23)25)13-15-6-5-11-28-15/h3-12H,13H2,1-2H3. The van der Waals surface area contributed by atoms with Gasteiger partial charge in [-0.05, 0) is 36.4 Å². The molecular formula is C21H18N2O5. The van der Waals surface area contributed by atoms with Crippen molar-refractivity contribution in [3.8, 4) is 17.2 Å². The van der Waals surface area contributed by atoms with E-state index in [1.807, 2.05) is 0 Å². The smallest absolute Gasteiger partial charge is 0.336 e. The van der Waals surface area contributed by atoms with Crippen molar-refractivity contribution < 1.29 is 13.9 Å². The van der Waals surface area contributed by atoms with Crippen molar-refractivity contribution in [3.63, 3.8) is 0 Å². The predicted octanol–water partition coefficient (Wildman–Crippen LogP) is 2.81. The van der Waals surface area contributed by atoms with Gasteiger partial charge >= 0.3 is 5.69 Å². The Kier molecular flexibility index (Phi) is 4.49. The molecule has 2 heterocycles. The lowest BCUT2D eigenvalue weighted by atomic mass is 10.2. The van der Waals surface area contributed by atoms with Gasteiger partial charge in [0.15, 0.2) is 11.5 Å². The van der Waals surface area contributed by atoms with Crippen LogP contribution < -0.4 is 20.7 Å². The maximum absolute atomic E-state index is 13.3. The van der Waals surface area contributed by atoms with Crippen LogP contribution in [0.5, 0.6) is 11.5 Å². The van der Waals surface area contributed by atoms with E-state index in [0.717, 1.165) is 4.57 Å². The third-order valence-corrected chi connectivity index (χ3v) is 4.57. The second kappa shape index (κ2) is 7.11. The maximum Gasteiger partial charge on any atom is 0.336 e. The summed E-state index contributed by atoms with van der Waals surface area (Å²) in [5, 5.41) is 0.434. The number of fused-ring (bicyclic) bond motifs is 1. The molecule has 4 aromatic rings. The van der Waals surface area contributed by atoms with Gasteiger partial charge < -0.3 is 13.9 Å². The SMILES string of the molecule is COc1ccc(-n2c(=O)c3ccccc3n(Cc3ccco3)c2=O)cc1OC. The number of aromatic nitrogens is 2. The van der Waals surface area contributed by atoms with Crippen molar-refractivity contribution in [1.82, 2.24) is 9.13 Å². The number of hydrogen-bond acceptors (Lipinski definition) is 5. The van der Waals surface area contributed by atoms with Crippen LogP contribution >= 0.6 is 0 Å². The molecule has 7 nitrogen and oxygen atoms in total. The van der Waals surface area contributed by atoms with Gasteiger partial charge in [-0.3, -0.25) is 9.36 Å². The number of benzene rings is 2. The molecule has 0 fully saturated rings. The van der Waals surface area contributed by atoms with Crippen LogP contribution in [0.4, 0.5) is 0 Å². The third kappa shape index (κ3) is 2.87. The first kappa shape index (κ1) is 17.7. The summed E-state index contributed by atoms with van der Waals surface area (Å²) >= 11 is 0. The zero-order chi connectivity index (χ0) is 19.7. The van der Waals surface area contributed by atoms with E-state index in [1.165, 1.54) is 18.8 Å². The highest BCUT2D eigenvalue weighted by atomic mass is 16.5. The molecule has 0 spiro atoms. The van der Waals surface area contributed by atoms with E-state index in [2.05, 4.69) is 0 Å². The van der Waals surface area contributed by atoms with Gasteiger partial charge in [0.05, 0.1) is 43.6 Å². The normalized spacial score (nSPS) is 10.9. The predicted molar refractivity (Wildman–Crippen MR) is 105 cm³/mol. The van der Waals surface area contributed by atoms with Crippen molar-refractivity contribution in [2.45, 2.75) is 6.54 Å². The van der Waals surface area contributed by atoms with Crippen LogP contribution in [0.25, 0.3) is 16.6 Å². The number of nitrogens with zero attached hydrogens (tertiary/aromatic N) is 2. The highest BCUT2D eigenvalue weighted by molar-refractivity contribution is 5.78. The van der Waals surface area contributed by atoms with E-state index < -0.39 is 11.2 Å². The molecule has 7 heteroatoms. The molecule has 0 saturated heterocycles. The molecule has 0 atom stereocenters. The first-order chi connectivity index (χ1) is 13.6. The Hall–Kier alpha value is -3.74. The lowest BCUT2D eigenvalue weighted by Gasteiger charge is -2.15. The van der Waals surface area contributed by atoms with Gasteiger partial charge in [0.25, 0.3) is 5.56 Å². The lowest BCUT2D eigenvalue weighted by Crippen LogP contribution is -2.39. The first-order valence-corrected chi connectivity index (χ1v) is 8.63. The van der Waals surface area contributed by atoms with Gasteiger partial charge in [0, 0.05) is 6.07 Å². The summed E-state index contributed by atoms with van der Waals surface area (Å²) in [5.41, 5.74) is 0.0769.